The number of fused-ring (bicyclic) bond motifs is 1. The van der Waals surface area contributed by atoms with Gasteiger partial charge >= 0.3 is 0 Å². The van der Waals surface area contributed by atoms with Gasteiger partial charge in [0.1, 0.15) is 5.82 Å². The van der Waals surface area contributed by atoms with Crippen molar-refractivity contribution >= 4 is 16.9 Å². The van der Waals surface area contributed by atoms with E-state index in [1.807, 2.05) is 49.4 Å². The molecule has 3 aromatic rings. The number of ether oxygens (including phenoxy) is 2. The fourth-order valence-electron chi connectivity index (χ4n) is 3.17. The summed E-state index contributed by atoms with van der Waals surface area (Å²) in [5, 5.41) is 2.99. The number of carbonyl (C=O) groups is 1. The Morgan fingerprint density at radius 3 is 2.67 bits per heavy atom. The second-order valence-corrected chi connectivity index (χ2v) is 6.34. The van der Waals surface area contributed by atoms with E-state index in [9.17, 15) is 4.79 Å². The molecule has 0 spiro atoms. The number of hydrogen-bond donors (Lipinski definition) is 1. The minimum Gasteiger partial charge on any atom is -0.493 e. The molecule has 0 aliphatic heterocycles. The lowest BCUT2D eigenvalue weighted by Crippen LogP contribution is -2.27. The van der Waals surface area contributed by atoms with Crippen LogP contribution in [0.4, 0.5) is 0 Å². The summed E-state index contributed by atoms with van der Waals surface area (Å²) in [5.74, 6) is 2.36. The van der Waals surface area contributed by atoms with Crippen LogP contribution in [-0.2, 0) is 17.8 Å². The zero-order valence-corrected chi connectivity index (χ0v) is 16.0. The molecule has 0 atom stereocenters. The molecule has 1 N–H and O–H groups in total. The molecule has 0 aliphatic rings. The molecule has 142 valence electrons. The molecular formula is C21H25N3O3. The van der Waals surface area contributed by atoms with E-state index >= 15 is 0 Å². The predicted molar refractivity (Wildman–Crippen MR) is 105 cm³/mol. The topological polar surface area (TPSA) is 65.4 Å². The van der Waals surface area contributed by atoms with Crippen LogP contribution in [0.15, 0.2) is 42.5 Å². The lowest BCUT2D eigenvalue weighted by molar-refractivity contribution is -0.121. The van der Waals surface area contributed by atoms with Crippen LogP contribution in [0.5, 0.6) is 11.5 Å². The van der Waals surface area contributed by atoms with E-state index in [2.05, 4.69) is 14.9 Å². The van der Waals surface area contributed by atoms with E-state index in [0.29, 0.717) is 37.4 Å². The van der Waals surface area contributed by atoms with E-state index in [4.69, 9.17) is 9.47 Å². The largest absolute Gasteiger partial charge is 0.493 e. The standard InChI is InChI=1S/C21H25N3O3/c1-15-23-17-6-4-5-7-18(17)24(15)13-12-22-21(25)11-9-16-8-10-19(26-2)20(14-16)27-3/h4-8,10,14H,9,11-13H2,1-3H3,(H,22,25). The van der Waals surface area contributed by atoms with Gasteiger partial charge in [-0.15, -0.1) is 0 Å². The van der Waals surface area contributed by atoms with Gasteiger partial charge in [0.05, 0.1) is 25.3 Å². The number of aromatic nitrogens is 2. The number of nitrogens with one attached hydrogen (secondary N) is 1. The SMILES string of the molecule is COc1ccc(CCC(=O)NCCn2c(C)nc3ccccc32)cc1OC. The molecule has 6 nitrogen and oxygen atoms in total. The van der Waals surface area contributed by atoms with Gasteiger partial charge in [-0.1, -0.05) is 18.2 Å². The lowest BCUT2D eigenvalue weighted by atomic mass is 10.1. The highest BCUT2D eigenvalue weighted by Gasteiger charge is 2.09. The number of para-hydroxylation sites is 2. The van der Waals surface area contributed by atoms with Gasteiger partial charge in [-0.05, 0) is 43.2 Å². The zero-order chi connectivity index (χ0) is 19.2. The molecule has 1 heterocycles. The molecule has 1 amide bonds. The van der Waals surface area contributed by atoms with E-state index in [-0.39, 0.29) is 5.91 Å². The summed E-state index contributed by atoms with van der Waals surface area (Å²) in [6.45, 7) is 3.26. The Hall–Kier alpha value is -3.02. The summed E-state index contributed by atoms with van der Waals surface area (Å²) in [6.07, 6.45) is 1.08. The van der Waals surface area contributed by atoms with Crippen molar-refractivity contribution in [2.24, 2.45) is 0 Å². The minimum atomic E-state index is 0.0341. The Morgan fingerprint density at radius 1 is 1.11 bits per heavy atom. The summed E-state index contributed by atoms with van der Waals surface area (Å²) in [6, 6.07) is 13.8. The van der Waals surface area contributed by atoms with Crippen molar-refractivity contribution in [1.82, 2.24) is 14.9 Å². The molecule has 0 unspecified atom stereocenters. The van der Waals surface area contributed by atoms with Gasteiger partial charge in [0.15, 0.2) is 11.5 Å². The Labute approximate surface area is 159 Å². The Bertz CT molecular complexity index is 934. The average molecular weight is 367 g/mol. The molecule has 0 fully saturated rings. The molecule has 2 aromatic carbocycles. The van der Waals surface area contributed by atoms with Crippen LogP contribution in [0, 0.1) is 6.92 Å². The van der Waals surface area contributed by atoms with Crippen LogP contribution >= 0.6 is 0 Å². The smallest absolute Gasteiger partial charge is 0.220 e. The molecule has 0 aliphatic carbocycles. The molecule has 3 rings (SSSR count). The van der Waals surface area contributed by atoms with Crippen LogP contribution in [-0.4, -0.2) is 36.2 Å². The van der Waals surface area contributed by atoms with E-state index in [1.165, 1.54) is 0 Å². The van der Waals surface area contributed by atoms with Gasteiger partial charge in [-0.25, -0.2) is 4.98 Å². The maximum atomic E-state index is 12.2. The number of methoxy groups -OCH3 is 2. The van der Waals surface area contributed by atoms with Gasteiger partial charge in [0.2, 0.25) is 5.91 Å². The highest BCUT2D eigenvalue weighted by Crippen LogP contribution is 2.27. The fraction of sp³-hybridized carbons (Fsp3) is 0.333. The maximum absolute atomic E-state index is 12.2. The third-order valence-corrected chi connectivity index (χ3v) is 4.59. The average Bonchev–Trinajstić information content (AvgIpc) is 3.01. The monoisotopic (exact) mass is 367 g/mol. The zero-order valence-electron chi connectivity index (χ0n) is 16.0. The summed E-state index contributed by atoms with van der Waals surface area (Å²) in [4.78, 5) is 16.7. The number of amides is 1. The Kier molecular flexibility index (Phi) is 5.96. The van der Waals surface area contributed by atoms with Gasteiger partial charge < -0.3 is 19.4 Å². The molecular weight excluding hydrogens is 342 g/mol. The first-order valence-electron chi connectivity index (χ1n) is 9.02. The lowest BCUT2D eigenvalue weighted by Gasteiger charge is -2.10. The first kappa shape index (κ1) is 18.8. The normalized spacial score (nSPS) is 10.8. The summed E-state index contributed by atoms with van der Waals surface area (Å²) >= 11 is 0. The van der Waals surface area contributed by atoms with Crippen molar-refractivity contribution in [1.29, 1.82) is 0 Å². The number of hydrogen-bond acceptors (Lipinski definition) is 4. The highest BCUT2D eigenvalue weighted by atomic mass is 16.5. The molecule has 0 saturated carbocycles. The van der Waals surface area contributed by atoms with Crippen LogP contribution < -0.4 is 14.8 Å². The second kappa shape index (κ2) is 8.58. The van der Waals surface area contributed by atoms with Crippen LogP contribution in [0.2, 0.25) is 0 Å². The number of nitrogens with zero attached hydrogens (tertiary/aromatic N) is 2. The van der Waals surface area contributed by atoms with Crippen molar-refractivity contribution in [2.75, 3.05) is 20.8 Å². The first-order chi connectivity index (χ1) is 13.1. The predicted octanol–water partition coefficient (Wildman–Crippen LogP) is 3.11. The van der Waals surface area contributed by atoms with Crippen molar-refractivity contribution in [3.63, 3.8) is 0 Å². The van der Waals surface area contributed by atoms with Crippen LogP contribution in [0.3, 0.4) is 0 Å². The fourth-order valence-corrected chi connectivity index (χ4v) is 3.17. The Balaban J connectivity index is 1.51. The van der Waals surface area contributed by atoms with E-state index in [0.717, 1.165) is 22.4 Å². The van der Waals surface area contributed by atoms with E-state index < -0.39 is 0 Å². The molecule has 27 heavy (non-hydrogen) atoms. The molecule has 0 bridgehead atoms. The van der Waals surface area contributed by atoms with E-state index in [1.54, 1.807) is 14.2 Å². The van der Waals surface area contributed by atoms with Crippen molar-refractivity contribution in [2.45, 2.75) is 26.3 Å². The van der Waals surface area contributed by atoms with Gasteiger partial charge in [-0.3, -0.25) is 4.79 Å². The summed E-state index contributed by atoms with van der Waals surface area (Å²) in [7, 11) is 3.21. The van der Waals surface area contributed by atoms with Gasteiger partial charge in [-0.2, -0.15) is 0 Å². The first-order valence-corrected chi connectivity index (χ1v) is 9.02. The number of rotatable bonds is 8. The molecule has 0 radical (unpaired) electrons. The van der Waals surface area contributed by atoms with Crippen molar-refractivity contribution in [3.8, 4) is 11.5 Å². The quantitative estimate of drug-likeness (QED) is 0.664. The van der Waals surface area contributed by atoms with Crippen molar-refractivity contribution < 1.29 is 14.3 Å². The third kappa shape index (κ3) is 4.39. The molecule has 1 aromatic heterocycles. The molecule has 0 saturated heterocycles. The minimum absolute atomic E-state index is 0.0341. The molecule has 6 heteroatoms. The van der Waals surface area contributed by atoms with Gasteiger partial charge in [0.25, 0.3) is 0 Å². The number of carbonyl (C=O) groups excluding carboxylic acids is 1. The summed E-state index contributed by atoms with van der Waals surface area (Å²) < 4.78 is 12.7. The number of benzene rings is 2. The summed E-state index contributed by atoms with van der Waals surface area (Å²) in [5.41, 5.74) is 3.11. The van der Waals surface area contributed by atoms with Crippen LogP contribution in [0.1, 0.15) is 17.8 Å². The Morgan fingerprint density at radius 2 is 1.89 bits per heavy atom. The van der Waals surface area contributed by atoms with Crippen LogP contribution in [0.25, 0.3) is 11.0 Å². The second-order valence-electron chi connectivity index (χ2n) is 6.34. The van der Waals surface area contributed by atoms with Gasteiger partial charge in [0, 0.05) is 19.5 Å². The number of imidazole rings is 1. The number of aryl methyl sites for hydroxylation is 2. The maximum Gasteiger partial charge on any atom is 0.220 e. The highest BCUT2D eigenvalue weighted by molar-refractivity contribution is 5.77. The third-order valence-electron chi connectivity index (χ3n) is 4.59. The van der Waals surface area contributed by atoms with Crippen molar-refractivity contribution in [3.05, 3.63) is 53.9 Å².